The highest BCUT2D eigenvalue weighted by atomic mass is 35.5. The molecule has 1 N–H and O–H groups in total. The Hall–Kier alpha value is -1.07. The van der Waals surface area contributed by atoms with Crippen LogP contribution in [-0.4, -0.2) is 30.0 Å². The molecule has 0 aliphatic carbocycles. The molecule has 1 heterocycles. The third kappa shape index (κ3) is 3.77. The Kier molecular flexibility index (Phi) is 5.65. The Morgan fingerprint density at radius 2 is 2.05 bits per heavy atom. The highest BCUT2D eigenvalue weighted by Crippen LogP contribution is 2.26. The van der Waals surface area contributed by atoms with E-state index in [0.717, 1.165) is 29.2 Å². The third-order valence-corrected chi connectivity index (χ3v) is 4.06. The molecule has 2 rings (SSSR count). The van der Waals surface area contributed by atoms with Gasteiger partial charge < -0.3 is 10.1 Å². The summed E-state index contributed by atoms with van der Waals surface area (Å²) in [6, 6.07) is 5.79. The predicted molar refractivity (Wildman–Crippen MR) is 86.6 cm³/mol. The van der Waals surface area contributed by atoms with Crippen molar-refractivity contribution in [1.82, 2.24) is 15.1 Å². The van der Waals surface area contributed by atoms with Crippen molar-refractivity contribution < 1.29 is 4.74 Å². The Morgan fingerprint density at radius 1 is 1.29 bits per heavy atom. The van der Waals surface area contributed by atoms with Crippen molar-refractivity contribution in [2.24, 2.45) is 0 Å². The predicted octanol–water partition coefficient (Wildman–Crippen LogP) is 3.53. The van der Waals surface area contributed by atoms with Gasteiger partial charge in [-0.15, -0.1) is 0 Å². The van der Waals surface area contributed by atoms with Gasteiger partial charge in [-0.1, -0.05) is 29.3 Å². The molecule has 0 amide bonds. The van der Waals surface area contributed by atoms with Crippen molar-refractivity contribution in [2.75, 3.05) is 20.3 Å². The van der Waals surface area contributed by atoms with E-state index in [1.807, 2.05) is 36.7 Å². The topological polar surface area (TPSA) is 39.1 Å². The molecule has 0 spiro atoms. The lowest BCUT2D eigenvalue weighted by atomic mass is 10.1. The van der Waals surface area contributed by atoms with Gasteiger partial charge in [-0.05, 0) is 31.5 Å². The fraction of sp³-hybridized carbons (Fsp3) is 0.400. The van der Waals surface area contributed by atoms with Crippen molar-refractivity contribution in [3.8, 4) is 5.69 Å². The van der Waals surface area contributed by atoms with Crippen LogP contribution in [0.2, 0.25) is 10.0 Å². The smallest absolute Gasteiger partial charge is 0.0848 e. The summed E-state index contributed by atoms with van der Waals surface area (Å²) in [4.78, 5) is 0. The summed E-state index contributed by atoms with van der Waals surface area (Å²) in [6.07, 6.45) is 0. The van der Waals surface area contributed by atoms with Gasteiger partial charge in [0.05, 0.1) is 28.7 Å². The molecule has 1 aromatic heterocycles. The van der Waals surface area contributed by atoms with Gasteiger partial charge in [0.2, 0.25) is 0 Å². The molecule has 0 aliphatic rings. The zero-order valence-corrected chi connectivity index (χ0v) is 13.9. The van der Waals surface area contributed by atoms with Gasteiger partial charge in [0.1, 0.15) is 0 Å². The molecule has 0 aliphatic heterocycles. The third-order valence-electron chi connectivity index (χ3n) is 3.28. The maximum Gasteiger partial charge on any atom is 0.0848 e. The van der Waals surface area contributed by atoms with Crippen molar-refractivity contribution in [3.63, 3.8) is 0 Å². The highest BCUT2D eigenvalue weighted by molar-refractivity contribution is 6.32. The average molecular weight is 328 g/mol. The molecular weight excluding hydrogens is 309 g/mol. The summed E-state index contributed by atoms with van der Waals surface area (Å²) in [5, 5.41) is 9.19. The van der Waals surface area contributed by atoms with Crippen molar-refractivity contribution >= 4 is 23.2 Å². The lowest BCUT2D eigenvalue weighted by molar-refractivity contribution is 0.199. The average Bonchev–Trinajstić information content (AvgIpc) is 2.72. The number of halogens is 2. The molecule has 0 atom stereocenters. The minimum atomic E-state index is 0.675. The number of rotatable bonds is 6. The second-order valence-electron chi connectivity index (χ2n) is 4.84. The molecule has 0 fully saturated rings. The molecule has 0 bridgehead atoms. The van der Waals surface area contributed by atoms with Gasteiger partial charge in [0, 0.05) is 25.2 Å². The monoisotopic (exact) mass is 327 g/mol. The summed E-state index contributed by atoms with van der Waals surface area (Å²) < 4.78 is 6.88. The fourth-order valence-electron chi connectivity index (χ4n) is 2.14. The standard InChI is InChI=1S/C15H19Cl2N3O/c1-10-15(17)11(2)20(19-10)14-8-13(16)5-4-12(14)9-18-6-7-21-3/h4-5,8,18H,6-7,9H2,1-3H3. The van der Waals surface area contributed by atoms with Crippen LogP contribution in [-0.2, 0) is 11.3 Å². The van der Waals surface area contributed by atoms with E-state index in [1.54, 1.807) is 7.11 Å². The number of methoxy groups -OCH3 is 1. The second kappa shape index (κ2) is 7.27. The van der Waals surface area contributed by atoms with Gasteiger partial charge in [0.25, 0.3) is 0 Å². The zero-order chi connectivity index (χ0) is 15.4. The lowest BCUT2D eigenvalue weighted by Crippen LogP contribution is -2.19. The van der Waals surface area contributed by atoms with Crippen LogP contribution in [0, 0.1) is 13.8 Å². The van der Waals surface area contributed by atoms with E-state index >= 15 is 0 Å². The molecular formula is C15H19Cl2N3O. The normalized spacial score (nSPS) is 11.1. The van der Waals surface area contributed by atoms with Crippen LogP contribution in [0.3, 0.4) is 0 Å². The Bertz CT molecular complexity index is 626. The molecule has 114 valence electrons. The molecule has 0 saturated carbocycles. The Balaban J connectivity index is 2.32. The first-order valence-electron chi connectivity index (χ1n) is 6.74. The van der Waals surface area contributed by atoms with E-state index in [1.165, 1.54) is 0 Å². The van der Waals surface area contributed by atoms with Crippen molar-refractivity contribution in [3.05, 3.63) is 45.2 Å². The fourth-order valence-corrected chi connectivity index (χ4v) is 2.42. The number of hydrogen-bond donors (Lipinski definition) is 1. The van der Waals surface area contributed by atoms with Crippen LogP contribution in [0.1, 0.15) is 17.0 Å². The van der Waals surface area contributed by atoms with Crippen LogP contribution >= 0.6 is 23.2 Å². The highest BCUT2D eigenvalue weighted by Gasteiger charge is 2.14. The molecule has 0 unspecified atom stereocenters. The van der Waals surface area contributed by atoms with Gasteiger partial charge in [-0.2, -0.15) is 5.10 Å². The number of hydrogen-bond acceptors (Lipinski definition) is 3. The van der Waals surface area contributed by atoms with E-state index < -0.39 is 0 Å². The Labute approximate surface area is 135 Å². The maximum atomic E-state index is 6.24. The van der Waals surface area contributed by atoms with Crippen LogP contribution in [0.25, 0.3) is 5.69 Å². The van der Waals surface area contributed by atoms with Crippen LogP contribution in [0.4, 0.5) is 0 Å². The number of ether oxygens (including phenoxy) is 1. The van der Waals surface area contributed by atoms with Crippen LogP contribution < -0.4 is 5.32 Å². The summed E-state index contributed by atoms with van der Waals surface area (Å²) in [5.74, 6) is 0. The van der Waals surface area contributed by atoms with Gasteiger partial charge >= 0.3 is 0 Å². The lowest BCUT2D eigenvalue weighted by Gasteiger charge is -2.13. The van der Waals surface area contributed by atoms with Crippen LogP contribution in [0.15, 0.2) is 18.2 Å². The van der Waals surface area contributed by atoms with E-state index in [-0.39, 0.29) is 0 Å². The van der Waals surface area contributed by atoms with E-state index in [0.29, 0.717) is 23.2 Å². The van der Waals surface area contributed by atoms with Gasteiger partial charge in [-0.25, -0.2) is 4.68 Å². The molecule has 2 aromatic rings. The molecule has 0 radical (unpaired) electrons. The SMILES string of the molecule is COCCNCc1ccc(Cl)cc1-n1nc(C)c(Cl)c1C. The van der Waals surface area contributed by atoms with E-state index in [4.69, 9.17) is 27.9 Å². The Morgan fingerprint density at radius 3 is 2.67 bits per heavy atom. The first-order chi connectivity index (χ1) is 10.0. The minimum Gasteiger partial charge on any atom is -0.383 e. The summed E-state index contributed by atoms with van der Waals surface area (Å²) in [5.41, 5.74) is 3.78. The molecule has 6 heteroatoms. The van der Waals surface area contributed by atoms with Gasteiger partial charge in [-0.3, -0.25) is 0 Å². The molecule has 1 aromatic carbocycles. The quantitative estimate of drug-likeness (QED) is 0.825. The molecule has 21 heavy (non-hydrogen) atoms. The zero-order valence-electron chi connectivity index (χ0n) is 12.4. The van der Waals surface area contributed by atoms with E-state index in [9.17, 15) is 0 Å². The summed E-state index contributed by atoms with van der Waals surface area (Å²) in [6.45, 7) is 6.02. The van der Waals surface area contributed by atoms with E-state index in [2.05, 4.69) is 10.4 Å². The van der Waals surface area contributed by atoms with Crippen molar-refractivity contribution in [2.45, 2.75) is 20.4 Å². The second-order valence-corrected chi connectivity index (χ2v) is 5.65. The van der Waals surface area contributed by atoms with Gasteiger partial charge in [0.15, 0.2) is 0 Å². The number of aromatic nitrogens is 2. The number of nitrogens with one attached hydrogen (secondary N) is 1. The van der Waals surface area contributed by atoms with Crippen molar-refractivity contribution in [1.29, 1.82) is 0 Å². The first kappa shape index (κ1) is 16.3. The molecule has 4 nitrogen and oxygen atoms in total. The maximum absolute atomic E-state index is 6.24. The minimum absolute atomic E-state index is 0.675. The number of nitrogens with zero attached hydrogens (tertiary/aromatic N) is 2. The molecule has 0 saturated heterocycles. The van der Waals surface area contributed by atoms with Crippen LogP contribution in [0.5, 0.6) is 0 Å². The number of benzene rings is 1. The number of aryl methyl sites for hydroxylation is 1. The first-order valence-corrected chi connectivity index (χ1v) is 7.50. The largest absolute Gasteiger partial charge is 0.383 e. The summed E-state index contributed by atoms with van der Waals surface area (Å²) in [7, 11) is 1.69. The summed E-state index contributed by atoms with van der Waals surface area (Å²) >= 11 is 12.4.